The van der Waals surface area contributed by atoms with Crippen LogP contribution >= 0.6 is 0 Å². The van der Waals surface area contributed by atoms with Crippen LogP contribution in [0, 0.1) is 5.92 Å². The zero-order valence-electron chi connectivity index (χ0n) is 13.6. The predicted octanol–water partition coefficient (Wildman–Crippen LogP) is 2.45. The molecule has 2 aliphatic carbocycles. The minimum atomic E-state index is -0.758. The summed E-state index contributed by atoms with van der Waals surface area (Å²) in [6.07, 6.45) is 9.57. The summed E-state index contributed by atoms with van der Waals surface area (Å²) in [5.74, 6) is -0.811. The molecule has 0 spiro atoms. The fourth-order valence-electron chi connectivity index (χ4n) is 3.96. The molecule has 3 rings (SSSR count). The van der Waals surface area contributed by atoms with E-state index in [9.17, 15) is 9.59 Å². The first-order valence-corrected chi connectivity index (χ1v) is 8.62. The van der Waals surface area contributed by atoms with E-state index in [0.717, 1.165) is 25.0 Å². The van der Waals surface area contributed by atoms with Crippen LogP contribution in [-0.2, 0) is 11.8 Å². The van der Waals surface area contributed by atoms with Crippen molar-refractivity contribution in [2.45, 2.75) is 63.3 Å². The first kappa shape index (κ1) is 16.0. The van der Waals surface area contributed by atoms with E-state index in [-0.39, 0.29) is 17.9 Å². The van der Waals surface area contributed by atoms with Crippen LogP contribution in [0.3, 0.4) is 0 Å². The SMILES string of the molecule is Cn1cc(C(=O)N[C@@H]2CC[C@H](C(=O)O)C2)c(C2CCCCC2)n1. The number of carbonyl (C=O) groups excluding carboxylic acids is 1. The average molecular weight is 319 g/mol. The van der Waals surface area contributed by atoms with Gasteiger partial charge in [0.05, 0.1) is 17.2 Å². The second kappa shape index (κ2) is 6.72. The maximum Gasteiger partial charge on any atom is 0.306 e. The fraction of sp³-hybridized carbons (Fsp3) is 0.706. The van der Waals surface area contributed by atoms with Crippen molar-refractivity contribution in [3.05, 3.63) is 17.5 Å². The lowest BCUT2D eigenvalue weighted by Crippen LogP contribution is -2.34. The lowest BCUT2D eigenvalue weighted by Gasteiger charge is -2.21. The molecule has 23 heavy (non-hydrogen) atoms. The minimum absolute atomic E-state index is 0.0389. The molecule has 1 aromatic rings. The Morgan fingerprint density at radius 1 is 1.22 bits per heavy atom. The molecule has 1 aromatic heterocycles. The van der Waals surface area contributed by atoms with Gasteiger partial charge in [-0.2, -0.15) is 5.10 Å². The maximum absolute atomic E-state index is 12.6. The molecule has 2 atom stereocenters. The molecular formula is C17H25N3O3. The predicted molar refractivity (Wildman–Crippen MR) is 85.3 cm³/mol. The molecule has 126 valence electrons. The lowest BCUT2D eigenvalue weighted by atomic mass is 9.85. The molecule has 1 amide bonds. The van der Waals surface area contributed by atoms with Crippen molar-refractivity contribution in [1.29, 1.82) is 0 Å². The van der Waals surface area contributed by atoms with Gasteiger partial charge in [-0.15, -0.1) is 0 Å². The molecule has 2 aliphatic rings. The molecule has 0 bridgehead atoms. The Morgan fingerprint density at radius 3 is 2.61 bits per heavy atom. The van der Waals surface area contributed by atoms with Gasteiger partial charge in [-0.25, -0.2) is 0 Å². The number of carbonyl (C=O) groups is 2. The third kappa shape index (κ3) is 3.57. The summed E-state index contributed by atoms with van der Waals surface area (Å²) < 4.78 is 1.72. The van der Waals surface area contributed by atoms with E-state index in [4.69, 9.17) is 5.11 Å². The number of aromatic nitrogens is 2. The van der Waals surface area contributed by atoms with Crippen molar-refractivity contribution in [2.24, 2.45) is 13.0 Å². The monoisotopic (exact) mass is 319 g/mol. The molecular weight excluding hydrogens is 294 g/mol. The lowest BCUT2D eigenvalue weighted by molar-refractivity contribution is -0.141. The first-order chi connectivity index (χ1) is 11.0. The van der Waals surface area contributed by atoms with Gasteiger partial charge in [0.15, 0.2) is 0 Å². The summed E-state index contributed by atoms with van der Waals surface area (Å²) in [6.45, 7) is 0. The van der Waals surface area contributed by atoms with Gasteiger partial charge in [-0.05, 0) is 32.1 Å². The van der Waals surface area contributed by atoms with Gasteiger partial charge >= 0.3 is 5.97 Å². The van der Waals surface area contributed by atoms with Crippen molar-refractivity contribution >= 4 is 11.9 Å². The number of amides is 1. The zero-order chi connectivity index (χ0) is 16.4. The number of carboxylic acid groups (broad SMARTS) is 1. The summed E-state index contributed by atoms with van der Waals surface area (Å²) in [4.78, 5) is 23.7. The number of rotatable bonds is 4. The molecule has 2 saturated carbocycles. The average Bonchev–Trinajstić information content (AvgIpc) is 3.15. The Labute approximate surface area is 136 Å². The van der Waals surface area contributed by atoms with E-state index in [1.165, 1.54) is 19.3 Å². The van der Waals surface area contributed by atoms with Gasteiger partial charge in [-0.1, -0.05) is 19.3 Å². The van der Waals surface area contributed by atoms with Crippen LogP contribution in [-0.4, -0.2) is 32.8 Å². The van der Waals surface area contributed by atoms with E-state index < -0.39 is 5.97 Å². The fourth-order valence-corrected chi connectivity index (χ4v) is 3.96. The normalized spacial score (nSPS) is 25.4. The molecule has 2 N–H and O–H groups in total. The minimum Gasteiger partial charge on any atom is -0.481 e. The van der Waals surface area contributed by atoms with Crippen molar-refractivity contribution < 1.29 is 14.7 Å². The van der Waals surface area contributed by atoms with Gasteiger partial charge < -0.3 is 10.4 Å². The van der Waals surface area contributed by atoms with Crippen LogP contribution in [0.15, 0.2) is 6.20 Å². The quantitative estimate of drug-likeness (QED) is 0.893. The Balaban J connectivity index is 1.69. The Morgan fingerprint density at radius 2 is 1.96 bits per heavy atom. The smallest absolute Gasteiger partial charge is 0.306 e. The summed E-state index contributed by atoms with van der Waals surface area (Å²) in [5.41, 5.74) is 1.58. The highest BCUT2D eigenvalue weighted by Gasteiger charge is 2.32. The molecule has 2 fully saturated rings. The number of aryl methyl sites for hydroxylation is 1. The van der Waals surface area contributed by atoms with Gasteiger partial charge in [0.2, 0.25) is 0 Å². The van der Waals surface area contributed by atoms with E-state index in [1.807, 2.05) is 7.05 Å². The third-order valence-electron chi connectivity index (χ3n) is 5.21. The van der Waals surface area contributed by atoms with Crippen LogP contribution in [0.1, 0.15) is 73.3 Å². The highest BCUT2D eigenvalue weighted by molar-refractivity contribution is 5.95. The largest absolute Gasteiger partial charge is 0.481 e. The highest BCUT2D eigenvalue weighted by atomic mass is 16.4. The molecule has 1 heterocycles. The summed E-state index contributed by atoms with van der Waals surface area (Å²) in [6, 6.07) is -0.0389. The summed E-state index contributed by atoms with van der Waals surface area (Å²) >= 11 is 0. The first-order valence-electron chi connectivity index (χ1n) is 8.62. The van der Waals surface area contributed by atoms with E-state index in [1.54, 1.807) is 10.9 Å². The van der Waals surface area contributed by atoms with Gasteiger partial charge in [0.25, 0.3) is 5.91 Å². The molecule has 0 aromatic carbocycles. The number of hydrogen-bond acceptors (Lipinski definition) is 3. The Bertz CT molecular complexity index is 590. The molecule has 0 unspecified atom stereocenters. The van der Waals surface area contributed by atoms with Crippen molar-refractivity contribution in [2.75, 3.05) is 0 Å². The van der Waals surface area contributed by atoms with Crippen LogP contribution < -0.4 is 5.32 Å². The molecule has 0 aliphatic heterocycles. The zero-order valence-corrected chi connectivity index (χ0v) is 13.6. The van der Waals surface area contributed by atoms with Crippen LogP contribution in [0.5, 0.6) is 0 Å². The standard InChI is InChI=1S/C17H25N3O3/c1-20-10-14(15(19-20)11-5-3-2-4-6-11)16(21)18-13-8-7-12(9-13)17(22)23/h10-13H,2-9H2,1H3,(H,18,21)(H,22,23)/t12-,13+/m0/s1. The second-order valence-electron chi connectivity index (χ2n) is 6.96. The van der Waals surface area contributed by atoms with Crippen molar-refractivity contribution in [3.63, 3.8) is 0 Å². The number of hydrogen-bond donors (Lipinski definition) is 2. The molecule has 0 radical (unpaired) electrons. The molecule has 0 saturated heterocycles. The summed E-state index contributed by atoms with van der Waals surface area (Å²) in [7, 11) is 1.85. The van der Waals surface area contributed by atoms with Gasteiger partial charge in [0.1, 0.15) is 0 Å². The maximum atomic E-state index is 12.6. The van der Waals surface area contributed by atoms with E-state index >= 15 is 0 Å². The van der Waals surface area contributed by atoms with Gasteiger partial charge in [0, 0.05) is 25.2 Å². The second-order valence-corrected chi connectivity index (χ2v) is 6.96. The third-order valence-corrected chi connectivity index (χ3v) is 5.21. The number of aliphatic carboxylic acids is 1. The Hall–Kier alpha value is -1.85. The molecule has 6 heteroatoms. The number of carboxylic acids is 1. The topological polar surface area (TPSA) is 84.2 Å². The number of nitrogens with one attached hydrogen (secondary N) is 1. The van der Waals surface area contributed by atoms with E-state index in [2.05, 4.69) is 10.4 Å². The number of nitrogens with zero attached hydrogens (tertiary/aromatic N) is 2. The Kier molecular flexibility index (Phi) is 4.68. The van der Waals surface area contributed by atoms with Crippen molar-refractivity contribution in [1.82, 2.24) is 15.1 Å². The molecule has 6 nitrogen and oxygen atoms in total. The van der Waals surface area contributed by atoms with E-state index in [0.29, 0.717) is 24.3 Å². The van der Waals surface area contributed by atoms with Crippen LogP contribution in [0.25, 0.3) is 0 Å². The van der Waals surface area contributed by atoms with Crippen LogP contribution in [0.4, 0.5) is 0 Å². The van der Waals surface area contributed by atoms with Crippen LogP contribution in [0.2, 0.25) is 0 Å². The van der Waals surface area contributed by atoms with Gasteiger partial charge in [-0.3, -0.25) is 14.3 Å². The summed E-state index contributed by atoms with van der Waals surface area (Å²) in [5, 5.41) is 16.6. The van der Waals surface area contributed by atoms with Crippen molar-refractivity contribution in [3.8, 4) is 0 Å². The highest BCUT2D eigenvalue weighted by Crippen LogP contribution is 2.33.